The predicted molar refractivity (Wildman–Crippen MR) is 264 cm³/mol. The van der Waals surface area contributed by atoms with Crippen LogP contribution in [0.3, 0.4) is 0 Å². The molecule has 6 nitrogen and oxygen atoms in total. The topological polar surface area (TPSA) is 60.3 Å². The summed E-state index contributed by atoms with van der Waals surface area (Å²) in [7, 11) is 0. The molecule has 10 bridgehead atoms. The fourth-order valence-corrected chi connectivity index (χ4v) is 8.69. The number of ether oxygens (including phenoxy) is 2. The maximum Gasteiger partial charge on any atom is 0.137 e. The molecule has 6 heterocycles. The molecule has 2 aromatic heterocycles. The van der Waals surface area contributed by atoms with Crippen LogP contribution in [0.2, 0.25) is 0 Å². The highest BCUT2D eigenvalue weighted by Crippen LogP contribution is 2.43. The fraction of sp³-hybridized carbons (Fsp3) is 0.0862. The van der Waals surface area contributed by atoms with E-state index < -0.39 is 6.85 Å². The summed E-state index contributed by atoms with van der Waals surface area (Å²) in [5.74, 6) is 3.03. The Bertz CT molecular complexity index is 3500. The zero-order valence-corrected chi connectivity index (χ0v) is 35.7. The second-order valence-electron chi connectivity index (χ2n) is 17.3. The lowest BCUT2D eigenvalue weighted by Gasteiger charge is -2.20. The molecule has 64 heavy (non-hydrogen) atoms. The van der Waals surface area contributed by atoms with Gasteiger partial charge in [0.15, 0.2) is 0 Å². The van der Waals surface area contributed by atoms with E-state index in [4.69, 9.17) is 18.6 Å². The van der Waals surface area contributed by atoms with Gasteiger partial charge in [-0.15, -0.1) is 0 Å². The number of fused-ring (bicyclic) bond motifs is 2. The summed E-state index contributed by atoms with van der Waals surface area (Å²) in [6.45, 7) is 4.16. The van der Waals surface area contributed by atoms with Crippen LogP contribution in [0.4, 0.5) is 22.7 Å². The zero-order valence-electron chi connectivity index (χ0n) is 38.7. The standard InChI is InChI=1S/C58H46N4O2/c1-37-31-56-59-36-51(37)39-23-26-43(27-24-39)63-44-17-10-15-40(32-44)48-20-12-19-47(38-13-6-5-7-14-38)57(48)61-53-22-9-8-21-52(53)60-42-16-11-18-45(34-42)64-46-28-29-49-50-33-41(58(2,3)4)25-30-54(50)62(56)55(49)35-46/h5-36,60-61H,1-4H3/i1D3. The van der Waals surface area contributed by atoms with Gasteiger partial charge in [0.2, 0.25) is 0 Å². The van der Waals surface area contributed by atoms with Crippen molar-refractivity contribution >= 4 is 44.6 Å². The highest BCUT2D eigenvalue weighted by atomic mass is 16.5. The van der Waals surface area contributed by atoms with Gasteiger partial charge in [0, 0.05) is 55.6 Å². The number of aromatic nitrogens is 2. The lowest BCUT2D eigenvalue weighted by Crippen LogP contribution is -2.10. The second kappa shape index (κ2) is 15.7. The van der Waals surface area contributed by atoms with Gasteiger partial charge in [0.05, 0.1) is 28.1 Å². The monoisotopic (exact) mass is 833 g/mol. The highest BCUT2D eigenvalue weighted by Gasteiger charge is 2.21. The molecule has 0 unspecified atom stereocenters. The SMILES string of the molecule is [2H]C([2H])([2H])c1cc2ncc1-c1ccc(cc1)Oc1cccc(c1)-c1cccc(-c3ccccc3)c1Nc1ccccc1Nc1cccc(c1)Oc1ccc3c4cc(C(C)(C)C)ccc4n-2c3c1. The predicted octanol–water partition coefficient (Wildman–Crippen LogP) is 16.2. The Morgan fingerprint density at radius 3 is 1.95 bits per heavy atom. The van der Waals surface area contributed by atoms with Crippen molar-refractivity contribution < 1.29 is 13.6 Å². The molecular formula is C58H46N4O2. The minimum absolute atomic E-state index is 0.0912. The Morgan fingerprint density at radius 1 is 0.500 bits per heavy atom. The number of nitrogens with zero attached hydrogens (tertiary/aromatic N) is 2. The number of anilines is 4. The van der Waals surface area contributed by atoms with E-state index in [1.54, 1.807) is 12.3 Å². The molecule has 4 aliphatic rings. The van der Waals surface area contributed by atoms with E-state index in [1.807, 2.05) is 102 Å². The van der Waals surface area contributed by atoms with Gasteiger partial charge in [-0.1, -0.05) is 118 Å². The molecule has 0 saturated heterocycles. The molecule has 0 fully saturated rings. The van der Waals surface area contributed by atoms with E-state index in [9.17, 15) is 0 Å². The molecule has 8 aromatic carbocycles. The van der Waals surface area contributed by atoms with Crippen LogP contribution >= 0.6 is 0 Å². The van der Waals surface area contributed by atoms with Gasteiger partial charge in [-0.25, -0.2) is 4.98 Å². The summed E-state index contributed by atoms with van der Waals surface area (Å²) >= 11 is 0. The van der Waals surface area contributed by atoms with Crippen LogP contribution in [0.25, 0.3) is 61.0 Å². The molecule has 0 atom stereocenters. The van der Waals surface area contributed by atoms with Crippen molar-refractivity contribution in [3.05, 3.63) is 205 Å². The zero-order chi connectivity index (χ0) is 45.9. The summed E-state index contributed by atoms with van der Waals surface area (Å²) in [5.41, 5.74) is 11.9. The van der Waals surface area contributed by atoms with Crippen LogP contribution in [0.1, 0.15) is 36.0 Å². The van der Waals surface area contributed by atoms with E-state index >= 15 is 0 Å². The number of pyridine rings is 1. The minimum atomic E-state index is -2.44. The van der Waals surface area contributed by atoms with Crippen LogP contribution in [-0.2, 0) is 5.41 Å². The highest BCUT2D eigenvalue weighted by molar-refractivity contribution is 6.10. The number of para-hydroxylation sites is 3. The molecule has 2 N–H and O–H groups in total. The van der Waals surface area contributed by atoms with E-state index in [2.05, 4.69) is 116 Å². The van der Waals surface area contributed by atoms with Crippen LogP contribution in [0.5, 0.6) is 23.0 Å². The average Bonchev–Trinajstić information content (AvgIpc) is 3.65. The Hall–Kier alpha value is -8.09. The first kappa shape index (κ1) is 35.5. The van der Waals surface area contributed by atoms with Crippen molar-refractivity contribution in [2.45, 2.75) is 33.0 Å². The molecule has 0 amide bonds. The summed E-state index contributed by atoms with van der Waals surface area (Å²) in [4.78, 5) is 5.00. The number of nitrogens with one attached hydrogen (secondary N) is 2. The smallest absolute Gasteiger partial charge is 0.137 e. The van der Waals surface area contributed by atoms with Crippen molar-refractivity contribution in [1.29, 1.82) is 0 Å². The van der Waals surface area contributed by atoms with Crippen molar-refractivity contribution in [2.75, 3.05) is 10.6 Å². The number of aryl methyl sites for hydroxylation is 1. The molecule has 0 spiro atoms. The lowest BCUT2D eigenvalue weighted by atomic mass is 9.86. The maximum atomic E-state index is 8.76. The third kappa shape index (κ3) is 7.29. The Labute approximate surface area is 377 Å². The van der Waals surface area contributed by atoms with Gasteiger partial charge < -0.3 is 20.1 Å². The van der Waals surface area contributed by atoms with Crippen molar-refractivity contribution in [3.8, 4) is 62.2 Å². The Balaban J connectivity index is 1.10. The Morgan fingerprint density at radius 2 is 1.16 bits per heavy atom. The summed E-state index contributed by atoms with van der Waals surface area (Å²) in [5, 5.41) is 9.56. The third-order valence-electron chi connectivity index (χ3n) is 12.0. The number of hydrogen-bond donors (Lipinski definition) is 2. The van der Waals surface area contributed by atoms with E-state index in [-0.39, 0.29) is 11.0 Å². The lowest BCUT2D eigenvalue weighted by molar-refractivity contribution is 0.483. The van der Waals surface area contributed by atoms with Gasteiger partial charge in [-0.05, 0) is 119 Å². The number of rotatable bonds is 1. The first-order chi connectivity index (χ1) is 32.4. The van der Waals surface area contributed by atoms with E-state index in [0.29, 0.717) is 39.9 Å². The van der Waals surface area contributed by atoms with Gasteiger partial charge in [0.25, 0.3) is 0 Å². The second-order valence-corrected chi connectivity index (χ2v) is 17.3. The average molecular weight is 834 g/mol. The molecule has 310 valence electrons. The normalized spacial score (nSPS) is 13.1. The van der Waals surface area contributed by atoms with E-state index in [0.717, 1.165) is 66.8 Å². The first-order valence-corrected chi connectivity index (χ1v) is 21.5. The third-order valence-corrected chi connectivity index (χ3v) is 12.0. The van der Waals surface area contributed by atoms with Crippen LogP contribution in [0.15, 0.2) is 194 Å². The molecule has 0 aliphatic carbocycles. The molecule has 0 saturated carbocycles. The van der Waals surface area contributed by atoms with Gasteiger partial charge in [-0.2, -0.15) is 0 Å². The van der Waals surface area contributed by atoms with Crippen molar-refractivity contribution in [2.24, 2.45) is 0 Å². The van der Waals surface area contributed by atoms with Crippen molar-refractivity contribution in [3.63, 3.8) is 0 Å². The fourth-order valence-electron chi connectivity index (χ4n) is 8.69. The van der Waals surface area contributed by atoms with Gasteiger partial charge in [-0.3, -0.25) is 4.57 Å². The molecule has 6 heteroatoms. The van der Waals surface area contributed by atoms with Crippen LogP contribution in [-0.4, -0.2) is 9.55 Å². The quantitative estimate of drug-likeness (QED) is 0.173. The van der Waals surface area contributed by atoms with E-state index in [1.165, 1.54) is 5.56 Å². The molecule has 4 aliphatic heterocycles. The number of benzene rings is 8. The van der Waals surface area contributed by atoms with Crippen LogP contribution < -0.4 is 20.1 Å². The minimum Gasteiger partial charge on any atom is -0.457 e. The molecule has 0 radical (unpaired) electrons. The largest absolute Gasteiger partial charge is 0.457 e. The first-order valence-electron chi connectivity index (χ1n) is 23.0. The molecular weight excluding hydrogens is 785 g/mol. The van der Waals surface area contributed by atoms with Crippen LogP contribution in [0, 0.1) is 6.85 Å². The molecule has 10 aromatic rings. The summed E-state index contributed by atoms with van der Waals surface area (Å²) in [6, 6.07) is 62.7. The van der Waals surface area contributed by atoms with Crippen molar-refractivity contribution in [1.82, 2.24) is 9.55 Å². The summed E-state index contributed by atoms with van der Waals surface area (Å²) < 4.78 is 41.5. The van der Waals surface area contributed by atoms with Gasteiger partial charge in [0.1, 0.15) is 28.8 Å². The number of hydrogen-bond acceptors (Lipinski definition) is 5. The summed E-state index contributed by atoms with van der Waals surface area (Å²) in [6.07, 6.45) is 1.67. The Kier molecular flexibility index (Phi) is 8.69. The van der Waals surface area contributed by atoms with Gasteiger partial charge >= 0.3 is 0 Å². The maximum absolute atomic E-state index is 8.76. The molecule has 14 rings (SSSR count).